The Balaban J connectivity index is 2.06. The Kier molecular flexibility index (Phi) is 8.96. The van der Waals surface area contributed by atoms with E-state index in [1.54, 1.807) is 0 Å². The van der Waals surface area contributed by atoms with E-state index in [2.05, 4.69) is 19.9 Å². The summed E-state index contributed by atoms with van der Waals surface area (Å²) in [4.78, 5) is 0. The number of hydrogen-bond acceptors (Lipinski definition) is 2. The maximum Gasteiger partial charge on any atom is 0.145 e. The van der Waals surface area contributed by atoms with Gasteiger partial charge in [0.15, 0.2) is 0 Å². The molecular weight excluding hydrogens is 332 g/mol. The third-order valence-electron chi connectivity index (χ3n) is 4.42. The molecule has 0 unspecified atom stereocenters. The minimum atomic E-state index is 0.670. The van der Waals surface area contributed by atoms with Crippen LogP contribution in [0.15, 0.2) is 30.3 Å². The molecule has 0 saturated carbocycles. The fourth-order valence-electron chi connectivity index (χ4n) is 2.96. The first kappa shape index (κ1) is 19.9. The third-order valence-corrected chi connectivity index (χ3v) is 4.72. The topological polar surface area (TPSA) is 18.5 Å². The van der Waals surface area contributed by atoms with Crippen molar-refractivity contribution in [3.63, 3.8) is 0 Å². The van der Waals surface area contributed by atoms with Crippen molar-refractivity contribution in [3.05, 3.63) is 35.4 Å². The lowest BCUT2D eigenvalue weighted by Gasteiger charge is -2.14. The van der Waals surface area contributed by atoms with Crippen LogP contribution in [0, 0.1) is 0 Å². The van der Waals surface area contributed by atoms with Gasteiger partial charge in [0.1, 0.15) is 11.5 Å². The largest absolute Gasteiger partial charge is 0.493 e. The van der Waals surface area contributed by atoms with Gasteiger partial charge in [-0.25, -0.2) is 0 Å². The summed E-state index contributed by atoms with van der Waals surface area (Å²) in [6, 6.07) is 10.1. The second-order valence-electron chi connectivity index (χ2n) is 6.55. The molecule has 0 radical (unpaired) electrons. The highest BCUT2D eigenvalue weighted by atomic mass is 35.5. The van der Waals surface area contributed by atoms with Gasteiger partial charge >= 0.3 is 0 Å². The van der Waals surface area contributed by atoms with Gasteiger partial charge in [-0.1, -0.05) is 76.1 Å². The second-order valence-corrected chi connectivity index (χ2v) is 6.95. The van der Waals surface area contributed by atoms with Crippen molar-refractivity contribution in [2.75, 3.05) is 13.2 Å². The van der Waals surface area contributed by atoms with Crippen LogP contribution in [-0.4, -0.2) is 13.2 Å². The van der Waals surface area contributed by atoms with Gasteiger partial charge in [-0.05, 0) is 31.0 Å². The van der Waals surface area contributed by atoms with Crippen molar-refractivity contribution >= 4 is 22.4 Å². The number of ether oxygens (including phenoxy) is 2. The first-order valence-corrected chi connectivity index (χ1v) is 10.1. The minimum absolute atomic E-state index is 0.670. The Labute approximate surface area is 157 Å². The van der Waals surface area contributed by atoms with Crippen LogP contribution in [0.25, 0.3) is 10.8 Å². The zero-order chi connectivity index (χ0) is 17.9. The molecule has 0 aliphatic heterocycles. The van der Waals surface area contributed by atoms with Crippen LogP contribution in [0.3, 0.4) is 0 Å². The lowest BCUT2D eigenvalue weighted by Crippen LogP contribution is -2.00. The van der Waals surface area contributed by atoms with Crippen LogP contribution >= 0.6 is 11.6 Å². The standard InChI is InChI=1S/C22H31ClO2/c1-3-5-7-9-16-24-21-13-11-12-19-18(21)14-15-20(23)22(19)25-17-10-8-6-4-2/h11-15H,3-10,16-17H2,1-2H3. The molecule has 0 atom stereocenters. The summed E-state index contributed by atoms with van der Waals surface area (Å²) in [5.74, 6) is 1.70. The number of benzene rings is 2. The number of halogens is 1. The van der Waals surface area contributed by atoms with E-state index in [0.717, 1.165) is 41.7 Å². The van der Waals surface area contributed by atoms with Crippen LogP contribution in [0.2, 0.25) is 5.02 Å². The fraction of sp³-hybridized carbons (Fsp3) is 0.545. The average molecular weight is 363 g/mol. The summed E-state index contributed by atoms with van der Waals surface area (Å²) >= 11 is 6.39. The van der Waals surface area contributed by atoms with Crippen LogP contribution in [0.4, 0.5) is 0 Å². The predicted molar refractivity (Wildman–Crippen MR) is 108 cm³/mol. The highest BCUT2D eigenvalue weighted by Gasteiger charge is 2.11. The fourth-order valence-corrected chi connectivity index (χ4v) is 3.18. The van der Waals surface area contributed by atoms with E-state index in [9.17, 15) is 0 Å². The van der Waals surface area contributed by atoms with Gasteiger partial charge in [0.25, 0.3) is 0 Å². The molecule has 0 aliphatic rings. The van der Waals surface area contributed by atoms with Crippen molar-refractivity contribution in [2.45, 2.75) is 65.2 Å². The maximum atomic E-state index is 6.39. The zero-order valence-electron chi connectivity index (χ0n) is 15.7. The van der Waals surface area contributed by atoms with Crippen molar-refractivity contribution in [2.24, 2.45) is 0 Å². The average Bonchev–Trinajstić information content (AvgIpc) is 2.63. The lowest BCUT2D eigenvalue weighted by molar-refractivity contribution is 0.305. The van der Waals surface area contributed by atoms with Gasteiger partial charge in [-0.2, -0.15) is 0 Å². The van der Waals surface area contributed by atoms with Gasteiger partial charge in [0.2, 0.25) is 0 Å². The molecule has 0 N–H and O–H groups in total. The van der Waals surface area contributed by atoms with Crippen LogP contribution in [-0.2, 0) is 0 Å². The molecule has 25 heavy (non-hydrogen) atoms. The normalized spacial score (nSPS) is 11.0. The van der Waals surface area contributed by atoms with Crippen molar-refractivity contribution in [1.82, 2.24) is 0 Å². The Bertz CT molecular complexity index is 639. The Hall–Kier alpha value is -1.41. The molecule has 138 valence electrons. The Morgan fingerprint density at radius 1 is 0.720 bits per heavy atom. The molecule has 3 heteroatoms. The van der Waals surface area contributed by atoms with E-state index in [1.165, 1.54) is 38.5 Å². The van der Waals surface area contributed by atoms with Gasteiger partial charge < -0.3 is 9.47 Å². The third kappa shape index (κ3) is 6.11. The molecule has 0 aliphatic carbocycles. The summed E-state index contributed by atoms with van der Waals surface area (Å²) in [5.41, 5.74) is 0. The van der Waals surface area contributed by atoms with Gasteiger partial charge in [0, 0.05) is 10.8 Å². The molecule has 2 rings (SSSR count). The number of unbranched alkanes of at least 4 members (excludes halogenated alkanes) is 6. The Morgan fingerprint density at radius 2 is 1.40 bits per heavy atom. The van der Waals surface area contributed by atoms with Gasteiger partial charge in [0.05, 0.1) is 18.2 Å². The van der Waals surface area contributed by atoms with Crippen LogP contribution < -0.4 is 9.47 Å². The highest BCUT2D eigenvalue weighted by Crippen LogP contribution is 2.37. The summed E-state index contributed by atoms with van der Waals surface area (Å²) in [6.45, 7) is 5.90. The van der Waals surface area contributed by atoms with Crippen molar-refractivity contribution in [1.29, 1.82) is 0 Å². The second kappa shape index (κ2) is 11.3. The summed E-state index contributed by atoms with van der Waals surface area (Å²) in [7, 11) is 0. The molecule has 2 nitrogen and oxygen atoms in total. The quantitative estimate of drug-likeness (QED) is 0.366. The lowest BCUT2D eigenvalue weighted by atomic mass is 10.1. The predicted octanol–water partition coefficient (Wildman–Crippen LogP) is 7.41. The molecular formula is C22H31ClO2. The monoisotopic (exact) mass is 362 g/mol. The molecule has 0 saturated heterocycles. The molecule has 0 heterocycles. The molecule has 2 aromatic rings. The summed E-state index contributed by atoms with van der Waals surface area (Å²) in [6.07, 6.45) is 9.57. The first-order valence-electron chi connectivity index (χ1n) is 9.74. The van der Waals surface area contributed by atoms with Gasteiger partial charge in [-0.15, -0.1) is 0 Å². The molecule has 0 amide bonds. The van der Waals surface area contributed by atoms with E-state index in [4.69, 9.17) is 21.1 Å². The van der Waals surface area contributed by atoms with E-state index < -0.39 is 0 Å². The number of fused-ring (bicyclic) bond motifs is 1. The van der Waals surface area contributed by atoms with Crippen LogP contribution in [0.5, 0.6) is 11.5 Å². The number of rotatable bonds is 12. The van der Waals surface area contributed by atoms with Crippen LogP contribution in [0.1, 0.15) is 65.2 Å². The van der Waals surface area contributed by atoms with Crippen molar-refractivity contribution in [3.8, 4) is 11.5 Å². The van der Waals surface area contributed by atoms with Crippen molar-refractivity contribution < 1.29 is 9.47 Å². The smallest absolute Gasteiger partial charge is 0.145 e. The van der Waals surface area contributed by atoms with E-state index in [-0.39, 0.29) is 0 Å². The zero-order valence-corrected chi connectivity index (χ0v) is 16.4. The Morgan fingerprint density at radius 3 is 2.08 bits per heavy atom. The minimum Gasteiger partial charge on any atom is -0.493 e. The SMILES string of the molecule is CCCCCCOc1cccc2c(OCCCCCC)c(Cl)ccc12. The molecule has 0 spiro atoms. The van der Waals surface area contributed by atoms with E-state index in [1.807, 2.05) is 24.3 Å². The molecule has 0 fully saturated rings. The number of hydrogen-bond donors (Lipinski definition) is 0. The molecule has 2 aromatic carbocycles. The highest BCUT2D eigenvalue weighted by molar-refractivity contribution is 6.33. The summed E-state index contributed by atoms with van der Waals surface area (Å²) < 4.78 is 12.0. The maximum absolute atomic E-state index is 6.39. The van der Waals surface area contributed by atoms with Gasteiger partial charge in [-0.3, -0.25) is 0 Å². The molecule has 0 aromatic heterocycles. The van der Waals surface area contributed by atoms with E-state index in [0.29, 0.717) is 11.6 Å². The summed E-state index contributed by atoms with van der Waals surface area (Å²) in [5, 5.41) is 2.78. The first-order chi connectivity index (χ1) is 12.3. The van der Waals surface area contributed by atoms with E-state index >= 15 is 0 Å². The molecule has 0 bridgehead atoms.